The van der Waals surface area contributed by atoms with Gasteiger partial charge in [0.15, 0.2) is 0 Å². The van der Waals surface area contributed by atoms with Crippen LogP contribution in [0.3, 0.4) is 0 Å². The fourth-order valence-corrected chi connectivity index (χ4v) is 11.8. The SMILES string of the molecule is CC[C@H](C)[C@H](NC(=O)[C@H](CO)NC(=O)[C@H](CO)NC(=O)[C@@H](NC(=O)[C@@H](NC(=O)[C@H](Cc1cnc[nH]1)NC(=O)CNC(=O)[C@H](C)NC(=O)[C@@H](NC(=O)[C@H](CCCCN)NC(=O)[C@H](CCCCN)NC(=O)[C@@H](NC(=O)[C@@H](NC(=O)[C@H](CC(=O)O)NC(=O)[C@@H](N)Cc1ccccc1)[C@@H](C)CC)C(C)C)[C@@H](C)CC)[C@@H](C)CC)C(C)C)C(N)=O. The van der Waals surface area contributed by atoms with Gasteiger partial charge in [0, 0.05) is 18.3 Å². The molecule has 2 rings (SSSR count). The van der Waals surface area contributed by atoms with E-state index in [4.69, 9.17) is 22.9 Å². The second-order valence-corrected chi connectivity index (χ2v) is 29.8. The van der Waals surface area contributed by atoms with Gasteiger partial charge in [-0.2, -0.15) is 0 Å². The number of unbranched alkanes of at least 4 members (excludes halogenated alkanes) is 2. The summed E-state index contributed by atoms with van der Waals surface area (Å²) in [4.78, 5) is 226. The van der Waals surface area contributed by atoms with Crippen LogP contribution < -0.4 is 97.4 Å². The zero-order valence-electron chi connectivity index (χ0n) is 68.4. The van der Waals surface area contributed by atoms with Crippen molar-refractivity contribution in [1.29, 1.82) is 0 Å². The normalized spacial score (nSPS) is 16.0. The number of nitrogens with two attached hydrogens (primary N) is 4. The van der Waals surface area contributed by atoms with E-state index in [1.807, 2.05) is 0 Å². The number of H-pyrrole nitrogens is 1. The molecule has 0 saturated heterocycles. The Labute approximate surface area is 671 Å². The number of imidazole rings is 1. The zero-order chi connectivity index (χ0) is 86.9. The highest BCUT2D eigenvalue weighted by Gasteiger charge is 2.40. The molecule has 39 nitrogen and oxygen atoms in total. The number of benzene rings is 1. The maximum atomic E-state index is 14.5. The lowest BCUT2D eigenvalue weighted by Gasteiger charge is -2.31. The number of hydrogen-bond donors (Lipinski definition) is 22. The molecule has 115 heavy (non-hydrogen) atoms. The van der Waals surface area contributed by atoms with Gasteiger partial charge in [0.05, 0.1) is 38.5 Å². The van der Waals surface area contributed by atoms with Gasteiger partial charge in [-0.15, -0.1) is 0 Å². The summed E-state index contributed by atoms with van der Waals surface area (Å²) in [6.45, 7) is 18.9. The van der Waals surface area contributed by atoms with Gasteiger partial charge in [-0.1, -0.05) is 139 Å². The molecular formula is C76H128N20O19. The maximum absolute atomic E-state index is 14.5. The van der Waals surface area contributed by atoms with Crippen molar-refractivity contribution >= 4 is 94.6 Å². The van der Waals surface area contributed by atoms with Crippen LogP contribution in [-0.2, 0) is 89.6 Å². The third-order valence-electron chi connectivity index (χ3n) is 19.9. The third-order valence-corrected chi connectivity index (χ3v) is 19.9. The van der Waals surface area contributed by atoms with E-state index in [1.54, 1.807) is 113 Å². The summed E-state index contributed by atoms with van der Waals surface area (Å²) in [6.07, 6.45) is 4.45. The number of aromatic amines is 1. The number of aliphatic hydroxyl groups excluding tert-OH is 2. The number of nitrogens with zero attached hydrogens (tertiary/aromatic N) is 1. The Hall–Kier alpha value is -10.3. The van der Waals surface area contributed by atoms with E-state index >= 15 is 0 Å². The van der Waals surface area contributed by atoms with Crippen molar-refractivity contribution in [2.24, 2.45) is 58.4 Å². The minimum Gasteiger partial charge on any atom is -0.481 e. The van der Waals surface area contributed by atoms with Crippen LogP contribution >= 0.6 is 0 Å². The Balaban J connectivity index is 2.33. The summed E-state index contributed by atoms with van der Waals surface area (Å²) >= 11 is 0. The predicted octanol–water partition coefficient (Wildman–Crippen LogP) is -4.34. The van der Waals surface area contributed by atoms with Crippen molar-refractivity contribution in [2.75, 3.05) is 32.8 Å². The number of carbonyl (C=O) groups is 16. The first-order valence-electron chi connectivity index (χ1n) is 39.4. The molecule has 15 amide bonds. The minimum absolute atomic E-state index is 0.00166. The summed E-state index contributed by atoms with van der Waals surface area (Å²) in [5.74, 6) is -18.5. The van der Waals surface area contributed by atoms with Crippen LogP contribution in [0.4, 0.5) is 0 Å². The first-order chi connectivity index (χ1) is 54.3. The van der Waals surface area contributed by atoms with Crippen LogP contribution in [0.25, 0.3) is 0 Å². The molecule has 0 saturated carbocycles. The molecule has 646 valence electrons. The molecule has 26 N–H and O–H groups in total. The first kappa shape index (κ1) is 101. The summed E-state index contributed by atoms with van der Waals surface area (Å²) in [5, 5.41) is 65.6. The van der Waals surface area contributed by atoms with Crippen LogP contribution in [0, 0.1) is 35.5 Å². The van der Waals surface area contributed by atoms with E-state index in [-0.39, 0.29) is 38.8 Å². The molecule has 1 aromatic carbocycles. The van der Waals surface area contributed by atoms with E-state index in [2.05, 4.69) is 84.4 Å². The molecule has 39 heteroatoms. The number of carboxylic acid groups (broad SMARTS) is 1. The summed E-state index contributed by atoms with van der Waals surface area (Å²) in [6, 6.07) is -11.0. The first-order valence-corrected chi connectivity index (χ1v) is 39.4. The van der Waals surface area contributed by atoms with Crippen LogP contribution in [0.2, 0.25) is 0 Å². The number of primary amides is 1. The van der Waals surface area contributed by atoms with Crippen LogP contribution in [0.5, 0.6) is 0 Å². The van der Waals surface area contributed by atoms with Gasteiger partial charge in [0.2, 0.25) is 88.6 Å². The van der Waals surface area contributed by atoms with Gasteiger partial charge in [-0.05, 0) is 106 Å². The Kier molecular flexibility index (Phi) is 45.8. The highest BCUT2D eigenvalue weighted by molar-refractivity contribution is 6.01. The van der Waals surface area contributed by atoms with Crippen LogP contribution in [0.1, 0.15) is 172 Å². The van der Waals surface area contributed by atoms with E-state index in [0.717, 1.165) is 0 Å². The number of hydrogen-bond acceptors (Lipinski definition) is 22. The van der Waals surface area contributed by atoms with Gasteiger partial charge in [0.1, 0.15) is 78.5 Å². The molecule has 0 radical (unpaired) electrons. The highest BCUT2D eigenvalue weighted by Crippen LogP contribution is 2.17. The number of carbonyl (C=O) groups excluding carboxylic acids is 15. The van der Waals surface area contributed by atoms with Crippen LogP contribution in [0.15, 0.2) is 42.9 Å². The number of aliphatic carboxylic acids is 1. The smallest absolute Gasteiger partial charge is 0.305 e. The second-order valence-electron chi connectivity index (χ2n) is 29.8. The fourth-order valence-electron chi connectivity index (χ4n) is 11.8. The molecule has 1 aromatic heterocycles. The van der Waals surface area contributed by atoms with Crippen molar-refractivity contribution in [2.45, 2.75) is 258 Å². The Morgan fingerprint density at radius 3 is 1.20 bits per heavy atom. The molecule has 1 heterocycles. The van der Waals surface area contributed by atoms with E-state index < -0.39 is 241 Å². The van der Waals surface area contributed by atoms with Crippen molar-refractivity contribution in [3.05, 3.63) is 54.1 Å². The van der Waals surface area contributed by atoms with Gasteiger partial charge >= 0.3 is 5.97 Å². The van der Waals surface area contributed by atoms with Crippen LogP contribution in [-0.4, -0.2) is 237 Å². The fraction of sp³-hybridized carbons (Fsp3) is 0.671. The number of aliphatic hydroxyl groups is 2. The van der Waals surface area contributed by atoms with E-state index in [1.165, 1.54) is 19.4 Å². The number of nitrogens with one attached hydrogen (secondary N) is 15. The average molecular weight is 1630 g/mol. The lowest BCUT2D eigenvalue weighted by Crippen LogP contribution is -2.62. The topological polar surface area (TPSA) is 635 Å². The Morgan fingerprint density at radius 2 is 0.783 bits per heavy atom. The molecule has 0 aliphatic heterocycles. The van der Waals surface area contributed by atoms with Gasteiger partial charge < -0.3 is 118 Å². The number of amides is 15. The van der Waals surface area contributed by atoms with E-state index in [0.29, 0.717) is 62.6 Å². The van der Waals surface area contributed by atoms with Gasteiger partial charge in [-0.3, -0.25) is 76.7 Å². The van der Waals surface area contributed by atoms with E-state index in [9.17, 15) is 92.0 Å². The average Bonchev–Trinajstić information content (AvgIpc) is 1.00. The lowest BCUT2D eigenvalue weighted by molar-refractivity contribution is -0.141. The van der Waals surface area contributed by atoms with Crippen molar-refractivity contribution in [1.82, 2.24) is 84.4 Å². The highest BCUT2D eigenvalue weighted by atomic mass is 16.4. The Bertz CT molecular complexity index is 3500. The standard InChI is InChI=1S/C76H128N20O19/c1-14-41(9)59(63(80)102)93-71(110)54(37-98)89-70(109)53(36-97)90-73(112)58(40(7)8)92-75(114)61(43(11)16-3)95-68(107)51(32-47-34-81-38-83-47)85-55(99)35-82-64(103)45(13)84-74(113)60(42(10)15-2)94-67(106)50(28-22-24-30-78)86-66(105)49(27-21-23-29-77)87-72(111)57(39(5)6)91-76(115)62(44(12)17-4)96-69(108)52(33-56(100)101)88-65(104)48(79)31-46-25-19-18-20-26-46/h18-20,25-26,34,38-45,48-54,57-62,97-98H,14-17,21-24,27-33,35-37,77-79H2,1-13H3,(H2,80,102)(H,81,83)(H,82,103)(H,84,113)(H,85,99)(H,86,105)(H,87,111)(H,88,104)(H,89,109)(H,90,112)(H,91,115)(H,92,114)(H,93,110)(H,94,106)(H,95,107)(H,96,108)(H,100,101)/t41-,42-,43-,44-,45-,48-,49-,50-,51-,52-,53-,54-,57-,58-,59-,60-,61-,62-/m0/s1. The van der Waals surface area contributed by atoms with Crippen molar-refractivity contribution in [3.8, 4) is 0 Å². The molecule has 0 spiro atoms. The summed E-state index contributed by atoms with van der Waals surface area (Å²) in [5.41, 5.74) is 24.4. The Morgan fingerprint density at radius 1 is 0.417 bits per heavy atom. The van der Waals surface area contributed by atoms with Crippen molar-refractivity contribution in [3.63, 3.8) is 0 Å². The monoisotopic (exact) mass is 1620 g/mol. The minimum atomic E-state index is -1.73. The third kappa shape index (κ3) is 34.8. The van der Waals surface area contributed by atoms with Gasteiger partial charge in [0.25, 0.3) is 0 Å². The molecule has 0 fully saturated rings. The molecule has 18 atom stereocenters. The zero-order valence-corrected chi connectivity index (χ0v) is 68.4. The molecular weight excluding hydrogens is 1500 g/mol. The molecule has 0 bridgehead atoms. The maximum Gasteiger partial charge on any atom is 0.305 e. The summed E-state index contributed by atoms with van der Waals surface area (Å²) in [7, 11) is 0. The summed E-state index contributed by atoms with van der Waals surface area (Å²) < 4.78 is 0. The number of aromatic nitrogens is 2. The predicted molar refractivity (Wildman–Crippen MR) is 423 cm³/mol. The number of rotatable bonds is 55. The number of carboxylic acids is 1. The quantitative estimate of drug-likeness (QED) is 0.0278. The lowest BCUT2D eigenvalue weighted by atomic mass is 9.95. The van der Waals surface area contributed by atoms with Crippen molar-refractivity contribution < 1.29 is 92.0 Å². The largest absolute Gasteiger partial charge is 0.481 e. The molecule has 0 aliphatic carbocycles. The molecule has 2 aromatic rings. The molecule has 0 aliphatic rings. The molecule has 0 unspecified atom stereocenters. The van der Waals surface area contributed by atoms with Gasteiger partial charge in [-0.25, -0.2) is 4.98 Å². The second kappa shape index (κ2) is 52.3.